The summed E-state index contributed by atoms with van der Waals surface area (Å²) < 4.78 is 0. The zero-order valence-electron chi connectivity index (χ0n) is 11.7. The van der Waals surface area contributed by atoms with E-state index in [9.17, 15) is 9.90 Å². The minimum Gasteiger partial charge on any atom is -0.480 e. The molecule has 1 N–H and O–H groups in total. The van der Waals surface area contributed by atoms with Gasteiger partial charge in [0.1, 0.15) is 6.04 Å². The number of likely N-dealkylation sites (N-methyl/N-ethyl adjacent to an activating group) is 1. The lowest BCUT2D eigenvalue weighted by atomic mass is 10.1. The monoisotopic (exact) mass is 317 g/mol. The van der Waals surface area contributed by atoms with E-state index < -0.39 is 12.0 Å². The van der Waals surface area contributed by atoms with Crippen molar-refractivity contribution in [3.8, 4) is 0 Å². The van der Waals surface area contributed by atoms with Crippen LogP contribution >= 0.6 is 23.5 Å². The molecule has 108 valence electrons. The van der Waals surface area contributed by atoms with E-state index in [0.29, 0.717) is 0 Å². The molecule has 0 fully saturated rings. The number of benzene rings is 2. The highest BCUT2D eigenvalue weighted by atomic mass is 32.2. The maximum absolute atomic E-state index is 11.6. The third kappa shape index (κ3) is 2.69. The van der Waals surface area contributed by atoms with E-state index >= 15 is 0 Å². The summed E-state index contributed by atoms with van der Waals surface area (Å²) in [5, 5.41) is 9.54. The maximum atomic E-state index is 11.6. The predicted molar refractivity (Wildman–Crippen MR) is 85.2 cm³/mol. The molecule has 0 bridgehead atoms. The molecular weight excluding hydrogens is 302 g/mol. The number of carbonyl (C=O) groups is 1. The third-order valence-electron chi connectivity index (χ3n) is 3.34. The molecule has 0 aliphatic carbocycles. The fourth-order valence-electron chi connectivity index (χ4n) is 2.42. The van der Waals surface area contributed by atoms with E-state index in [-0.39, 0.29) is 0 Å². The average molecular weight is 317 g/mol. The summed E-state index contributed by atoms with van der Waals surface area (Å²) >= 11 is 3.37. The largest absolute Gasteiger partial charge is 0.480 e. The van der Waals surface area contributed by atoms with Gasteiger partial charge in [-0.2, -0.15) is 0 Å². The van der Waals surface area contributed by atoms with Gasteiger partial charge in [-0.25, -0.2) is 0 Å². The first kappa shape index (κ1) is 14.5. The molecule has 1 heterocycles. The van der Waals surface area contributed by atoms with Crippen LogP contribution in [0.5, 0.6) is 0 Å². The molecule has 21 heavy (non-hydrogen) atoms. The summed E-state index contributed by atoms with van der Waals surface area (Å²) in [6, 6.07) is 13.5. The Hall–Kier alpha value is -1.43. The number of rotatable bonds is 3. The molecule has 0 radical (unpaired) electrons. The molecule has 1 unspecified atom stereocenters. The topological polar surface area (TPSA) is 40.5 Å². The van der Waals surface area contributed by atoms with E-state index in [4.69, 9.17) is 0 Å². The van der Waals surface area contributed by atoms with Crippen molar-refractivity contribution in [3.63, 3.8) is 0 Å². The van der Waals surface area contributed by atoms with Crippen LogP contribution in [-0.4, -0.2) is 30.1 Å². The number of hydrogen-bond donors (Lipinski definition) is 1. The molecule has 0 amide bonds. The second-order valence-electron chi connectivity index (χ2n) is 5.03. The fourth-order valence-corrected chi connectivity index (χ4v) is 4.83. The average Bonchev–Trinajstić information content (AvgIpc) is 2.45. The van der Waals surface area contributed by atoms with Crippen LogP contribution in [0, 0.1) is 0 Å². The van der Waals surface area contributed by atoms with Gasteiger partial charge < -0.3 is 5.11 Å². The highest BCUT2D eigenvalue weighted by Gasteiger charge is 2.28. The molecular formula is C16H15NO2S2. The van der Waals surface area contributed by atoms with Crippen LogP contribution in [0.2, 0.25) is 0 Å². The van der Waals surface area contributed by atoms with Gasteiger partial charge in [0, 0.05) is 19.6 Å². The van der Waals surface area contributed by atoms with E-state index in [2.05, 4.69) is 18.2 Å². The first-order valence-electron chi connectivity index (χ1n) is 6.55. The number of hydrogen-bond acceptors (Lipinski definition) is 4. The van der Waals surface area contributed by atoms with Crippen LogP contribution < -0.4 is 0 Å². The molecule has 2 aromatic carbocycles. The molecule has 0 aromatic heterocycles. The molecule has 0 saturated carbocycles. The lowest BCUT2D eigenvalue weighted by molar-refractivity contribution is -0.142. The molecule has 0 spiro atoms. The van der Waals surface area contributed by atoms with Crippen molar-refractivity contribution in [1.82, 2.24) is 4.90 Å². The highest BCUT2D eigenvalue weighted by molar-refractivity contribution is 8.05. The smallest absolute Gasteiger partial charge is 0.325 e. The summed E-state index contributed by atoms with van der Waals surface area (Å²) in [5.41, 5.74) is 0.858. The van der Waals surface area contributed by atoms with Crippen molar-refractivity contribution in [2.75, 3.05) is 14.1 Å². The van der Waals surface area contributed by atoms with Gasteiger partial charge in [0.25, 0.3) is 0 Å². The van der Waals surface area contributed by atoms with Gasteiger partial charge in [-0.1, -0.05) is 47.8 Å². The summed E-state index contributed by atoms with van der Waals surface area (Å²) in [6.07, 6.45) is 0. The number of nitrogens with zero attached hydrogens (tertiary/aromatic N) is 1. The molecule has 1 aliphatic rings. The van der Waals surface area contributed by atoms with Crippen LogP contribution in [0.15, 0.2) is 62.0 Å². The molecule has 1 atom stereocenters. The Morgan fingerprint density at radius 1 is 1.00 bits per heavy atom. The zero-order chi connectivity index (χ0) is 15.0. The lowest BCUT2D eigenvalue weighted by Gasteiger charge is -2.26. The Balaban J connectivity index is 2.09. The van der Waals surface area contributed by atoms with Crippen LogP contribution in [0.3, 0.4) is 0 Å². The Morgan fingerprint density at radius 2 is 1.62 bits per heavy atom. The third-order valence-corrected chi connectivity index (χ3v) is 5.97. The van der Waals surface area contributed by atoms with E-state index in [0.717, 1.165) is 15.4 Å². The molecule has 1 aliphatic heterocycles. The molecule has 5 heteroatoms. The number of aliphatic carboxylic acids is 1. The van der Waals surface area contributed by atoms with Crippen molar-refractivity contribution in [2.24, 2.45) is 0 Å². The summed E-state index contributed by atoms with van der Waals surface area (Å²) in [5.74, 6) is -0.821. The molecule has 2 aromatic rings. The van der Waals surface area contributed by atoms with Gasteiger partial charge in [-0.05, 0) is 37.9 Å². The number of carboxylic acid groups (broad SMARTS) is 1. The Bertz CT molecular complexity index is 700. The van der Waals surface area contributed by atoms with Gasteiger partial charge >= 0.3 is 5.97 Å². The van der Waals surface area contributed by atoms with E-state index in [1.54, 1.807) is 42.5 Å². The minimum absolute atomic E-state index is 0.627. The summed E-state index contributed by atoms with van der Waals surface area (Å²) in [4.78, 5) is 18.0. The van der Waals surface area contributed by atoms with Crippen LogP contribution in [0.4, 0.5) is 0 Å². The minimum atomic E-state index is -0.821. The predicted octanol–water partition coefficient (Wildman–Crippen LogP) is 3.99. The Morgan fingerprint density at radius 3 is 2.24 bits per heavy atom. The quantitative estimate of drug-likeness (QED) is 0.791. The van der Waals surface area contributed by atoms with Crippen LogP contribution in [-0.2, 0) is 4.79 Å². The lowest BCUT2D eigenvalue weighted by Crippen LogP contribution is -2.28. The molecule has 3 nitrogen and oxygen atoms in total. The highest BCUT2D eigenvalue weighted by Crippen LogP contribution is 2.50. The van der Waals surface area contributed by atoms with Crippen molar-refractivity contribution in [3.05, 3.63) is 48.0 Å². The number of carboxylic acids is 1. The van der Waals surface area contributed by atoms with Gasteiger partial charge in [0.2, 0.25) is 0 Å². The summed E-state index contributed by atoms with van der Waals surface area (Å²) in [7, 11) is 3.60. The Labute approximate surface area is 132 Å². The van der Waals surface area contributed by atoms with E-state index in [1.807, 2.05) is 24.3 Å². The second kappa shape index (κ2) is 5.75. The molecule has 3 rings (SSSR count). The van der Waals surface area contributed by atoms with E-state index in [1.165, 1.54) is 9.79 Å². The van der Waals surface area contributed by atoms with Crippen LogP contribution in [0.1, 0.15) is 11.6 Å². The van der Waals surface area contributed by atoms with Gasteiger partial charge in [0.15, 0.2) is 0 Å². The first-order valence-corrected chi connectivity index (χ1v) is 8.18. The second-order valence-corrected chi connectivity index (χ2v) is 7.17. The van der Waals surface area contributed by atoms with Gasteiger partial charge in [-0.15, -0.1) is 0 Å². The van der Waals surface area contributed by atoms with Crippen molar-refractivity contribution in [1.29, 1.82) is 0 Å². The van der Waals surface area contributed by atoms with Crippen molar-refractivity contribution < 1.29 is 9.90 Å². The number of fused-ring (bicyclic) bond motifs is 2. The fraction of sp³-hybridized carbons (Fsp3) is 0.188. The SMILES string of the molecule is CN(C)C(C(=O)O)c1cccc2c1Sc1ccccc1S2. The van der Waals surface area contributed by atoms with Crippen molar-refractivity contribution in [2.45, 2.75) is 25.6 Å². The summed E-state index contributed by atoms with van der Waals surface area (Å²) in [6.45, 7) is 0. The van der Waals surface area contributed by atoms with Crippen molar-refractivity contribution >= 4 is 29.5 Å². The normalized spacial score (nSPS) is 14.4. The first-order chi connectivity index (χ1) is 10.1. The van der Waals surface area contributed by atoms with Gasteiger partial charge in [-0.3, -0.25) is 9.69 Å². The van der Waals surface area contributed by atoms with Crippen LogP contribution in [0.25, 0.3) is 0 Å². The van der Waals surface area contributed by atoms with Gasteiger partial charge in [0.05, 0.1) is 0 Å². The molecule has 0 saturated heterocycles. The zero-order valence-corrected chi connectivity index (χ0v) is 13.4. The Kier molecular flexibility index (Phi) is 3.97. The standard InChI is InChI=1S/C16H15NO2S2/c1-17(2)14(16(18)19)10-6-5-9-13-15(10)21-12-8-4-3-7-11(12)20-13/h3-9,14H,1-2H3,(H,18,19). The maximum Gasteiger partial charge on any atom is 0.325 e.